The molecule has 0 saturated heterocycles. The monoisotopic (exact) mass is 278 g/mol. The number of anilines is 1. The summed E-state index contributed by atoms with van der Waals surface area (Å²) in [5, 5.41) is 11.8. The van der Waals surface area contributed by atoms with Crippen LogP contribution in [0.25, 0.3) is 0 Å². The van der Waals surface area contributed by atoms with E-state index in [4.69, 9.17) is 16.9 Å². The first kappa shape index (κ1) is 13.3. The SMILES string of the molecule is N#Cc1c(F)cccc1NCc1cccc(F)c1Cl. The van der Waals surface area contributed by atoms with Crippen LogP contribution in [0.4, 0.5) is 14.5 Å². The number of nitrogens with one attached hydrogen (secondary N) is 1. The average Bonchev–Trinajstić information content (AvgIpc) is 2.40. The van der Waals surface area contributed by atoms with Gasteiger partial charge in [-0.15, -0.1) is 0 Å². The van der Waals surface area contributed by atoms with E-state index in [1.165, 1.54) is 24.3 Å². The van der Waals surface area contributed by atoms with Gasteiger partial charge >= 0.3 is 0 Å². The van der Waals surface area contributed by atoms with E-state index >= 15 is 0 Å². The molecule has 0 heterocycles. The van der Waals surface area contributed by atoms with Gasteiger partial charge in [-0.05, 0) is 23.8 Å². The minimum atomic E-state index is -0.599. The molecule has 0 atom stereocenters. The smallest absolute Gasteiger partial charge is 0.143 e. The number of nitrogens with zero attached hydrogens (tertiary/aromatic N) is 1. The first-order valence-corrected chi connectivity index (χ1v) is 5.86. The number of hydrogen-bond acceptors (Lipinski definition) is 2. The summed E-state index contributed by atoms with van der Waals surface area (Å²) in [5.41, 5.74) is 0.813. The Morgan fingerprint density at radius 2 is 1.79 bits per heavy atom. The average molecular weight is 279 g/mol. The third-order valence-electron chi connectivity index (χ3n) is 2.63. The Kier molecular flexibility index (Phi) is 3.98. The van der Waals surface area contributed by atoms with Crippen molar-refractivity contribution in [3.8, 4) is 6.07 Å². The molecule has 0 unspecified atom stereocenters. The lowest BCUT2D eigenvalue weighted by Crippen LogP contribution is -2.03. The first-order valence-electron chi connectivity index (χ1n) is 5.49. The predicted molar refractivity (Wildman–Crippen MR) is 69.9 cm³/mol. The second-order valence-corrected chi connectivity index (χ2v) is 4.22. The van der Waals surface area contributed by atoms with E-state index in [1.54, 1.807) is 18.2 Å². The second kappa shape index (κ2) is 5.68. The van der Waals surface area contributed by atoms with Crippen molar-refractivity contribution in [3.63, 3.8) is 0 Å². The van der Waals surface area contributed by atoms with E-state index in [9.17, 15) is 8.78 Å². The molecule has 2 aromatic carbocycles. The maximum absolute atomic E-state index is 13.4. The summed E-state index contributed by atoms with van der Waals surface area (Å²) in [7, 11) is 0. The van der Waals surface area contributed by atoms with Crippen molar-refractivity contribution in [3.05, 3.63) is 64.2 Å². The number of halogens is 3. The molecule has 1 N–H and O–H groups in total. The summed E-state index contributed by atoms with van der Waals surface area (Å²) in [6, 6.07) is 10.5. The summed E-state index contributed by atoms with van der Waals surface area (Å²) in [5.74, 6) is -1.11. The Morgan fingerprint density at radius 3 is 2.53 bits per heavy atom. The molecule has 0 aromatic heterocycles. The van der Waals surface area contributed by atoms with Gasteiger partial charge in [0.15, 0.2) is 0 Å². The zero-order valence-electron chi connectivity index (χ0n) is 9.75. The van der Waals surface area contributed by atoms with Crippen LogP contribution in [0.1, 0.15) is 11.1 Å². The molecule has 2 nitrogen and oxygen atoms in total. The Hall–Kier alpha value is -2.12. The summed E-state index contributed by atoms with van der Waals surface area (Å²) >= 11 is 5.81. The van der Waals surface area contributed by atoms with Crippen molar-refractivity contribution < 1.29 is 8.78 Å². The molecule has 5 heteroatoms. The summed E-state index contributed by atoms with van der Waals surface area (Å²) in [6.45, 7) is 0.203. The van der Waals surface area contributed by atoms with Crippen molar-refractivity contribution in [1.82, 2.24) is 0 Å². The normalized spacial score (nSPS) is 10.0. The number of benzene rings is 2. The molecule has 0 fully saturated rings. The van der Waals surface area contributed by atoms with Gasteiger partial charge in [0.2, 0.25) is 0 Å². The zero-order valence-corrected chi connectivity index (χ0v) is 10.5. The van der Waals surface area contributed by atoms with Crippen molar-refractivity contribution in [2.45, 2.75) is 6.54 Å². The van der Waals surface area contributed by atoms with Gasteiger partial charge in [0, 0.05) is 6.54 Å². The van der Waals surface area contributed by atoms with E-state index in [0.29, 0.717) is 11.3 Å². The minimum absolute atomic E-state index is 0.0184. The fraction of sp³-hybridized carbons (Fsp3) is 0.0714. The van der Waals surface area contributed by atoms with Crippen LogP contribution in [0, 0.1) is 23.0 Å². The van der Waals surface area contributed by atoms with Gasteiger partial charge < -0.3 is 5.32 Å². The third kappa shape index (κ3) is 2.83. The van der Waals surface area contributed by atoms with Crippen molar-refractivity contribution in [2.24, 2.45) is 0 Å². The summed E-state index contributed by atoms with van der Waals surface area (Å²) in [6.07, 6.45) is 0. The van der Waals surface area contributed by atoms with Crippen LogP contribution in [0.2, 0.25) is 5.02 Å². The van der Waals surface area contributed by atoms with E-state index in [2.05, 4.69) is 5.32 Å². The molecule has 19 heavy (non-hydrogen) atoms. The van der Waals surface area contributed by atoms with Crippen LogP contribution < -0.4 is 5.32 Å². The molecule has 2 aromatic rings. The summed E-state index contributed by atoms with van der Waals surface area (Å²) in [4.78, 5) is 0. The highest BCUT2D eigenvalue weighted by Gasteiger charge is 2.09. The minimum Gasteiger partial charge on any atom is -0.380 e. The molecular weight excluding hydrogens is 270 g/mol. The Balaban J connectivity index is 2.22. The van der Waals surface area contributed by atoms with Crippen LogP contribution in [0.3, 0.4) is 0 Å². The largest absolute Gasteiger partial charge is 0.380 e. The maximum atomic E-state index is 13.4. The molecule has 0 radical (unpaired) electrons. The lowest BCUT2D eigenvalue weighted by atomic mass is 10.1. The molecule has 0 amide bonds. The molecule has 96 valence electrons. The molecular formula is C14H9ClF2N2. The highest BCUT2D eigenvalue weighted by Crippen LogP contribution is 2.22. The zero-order chi connectivity index (χ0) is 13.8. The Bertz CT molecular complexity index is 650. The lowest BCUT2D eigenvalue weighted by Gasteiger charge is -2.10. The van der Waals surface area contributed by atoms with Gasteiger partial charge in [0.25, 0.3) is 0 Å². The molecule has 0 aliphatic carbocycles. The number of rotatable bonds is 3. The molecule has 0 spiro atoms. The van der Waals surface area contributed by atoms with Crippen molar-refractivity contribution in [1.29, 1.82) is 5.26 Å². The fourth-order valence-corrected chi connectivity index (χ4v) is 1.85. The van der Waals surface area contributed by atoms with Gasteiger partial charge in [-0.2, -0.15) is 5.26 Å². The number of hydrogen-bond donors (Lipinski definition) is 1. The van der Waals surface area contributed by atoms with Crippen molar-refractivity contribution >= 4 is 17.3 Å². The maximum Gasteiger partial charge on any atom is 0.143 e. The van der Waals surface area contributed by atoms with Gasteiger partial charge in [-0.3, -0.25) is 0 Å². The molecule has 0 saturated carbocycles. The van der Waals surface area contributed by atoms with Gasteiger partial charge in [-0.1, -0.05) is 29.8 Å². The Morgan fingerprint density at radius 1 is 1.11 bits per heavy atom. The number of nitriles is 1. The van der Waals surface area contributed by atoms with Gasteiger partial charge in [0.1, 0.15) is 23.3 Å². The second-order valence-electron chi connectivity index (χ2n) is 3.84. The molecule has 0 aliphatic heterocycles. The van der Waals surface area contributed by atoms with Crippen LogP contribution in [-0.4, -0.2) is 0 Å². The van der Waals surface area contributed by atoms with Gasteiger partial charge in [0.05, 0.1) is 10.7 Å². The van der Waals surface area contributed by atoms with Crippen molar-refractivity contribution in [2.75, 3.05) is 5.32 Å². The fourth-order valence-electron chi connectivity index (χ4n) is 1.66. The standard InChI is InChI=1S/C14H9ClF2N2/c15-14-9(3-1-5-12(14)17)8-19-13-6-2-4-11(16)10(13)7-18/h1-6,19H,8H2. The molecule has 0 aliphatic rings. The van der Waals surface area contributed by atoms with E-state index < -0.39 is 11.6 Å². The summed E-state index contributed by atoms with van der Waals surface area (Å²) < 4.78 is 26.6. The van der Waals surface area contributed by atoms with E-state index in [0.717, 1.165) is 0 Å². The highest BCUT2D eigenvalue weighted by molar-refractivity contribution is 6.31. The van der Waals surface area contributed by atoms with Crippen LogP contribution >= 0.6 is 11.6 Å². The molecule has 0 bridgehead atoms. The van der Waals surface area contributed by atoms with Crippen LogP contribution in [-0.2, 0) is 6.54 Å². The van der Waals surface area contributed by atoms with Gasteiger partial charge in [-0.25, -0.2) is 8.78 Å². The highest BCUT2D eigenvalue weighted by atomic mass is 35.5. The van der Waals surface area contributed by atoms with Crippen LogP contribution in [0.5, 0.6) is 0 Å². The Labute approximate surface area is 114 Å². The molecule has 2 rings (SSSR count). The third-order valence-corrected chi connectivity index (χ3v) is 3.05. The van der Waals surface area contributed by atoms with Crippen LogP contribution in [0.15, 0.2) is 36.4 Å². The first-order chi connectivity index (χ1) is 9.13. The van der Waals surface area contributed by atoms with E-state index in [1.807, 2.05) is 0 Å². The predicted octanol–water partition coefficient (Wildman–Crippen LogP) is 4.10. The topological polar surface area (TPSA) is 35.8 Å². The quantitative estimate of drug-likeness (QED) is 0.917. The lowest BCUT2D eigenvalue weighted by molar-refractivity contribution is 0.623. The van der Waals surface area contributed by atoms with E-state index in [-0.39, 0.29) is 17.1 Å².